The molecular formula is C28H26FN3O7S. The summed E-state index contributed by atoms with van der Waals surface area (Å²) < 4.78 is 58.3. The molecule has 0 bridgehead atoms. The van der Waals surface area contributed by atoms with E-state index in [0.717, 1.165) is 6.26 Å². The molecule has 5 rings (SSSR count). The van der Waals surface area contributed by atoms with Crippen LogP contribution >= 0.6 is 0 Å². The van der Waals surface area contributed by atoms with Crippen molar-refractivity contribution in [1.82, 2.24) is 10.3 Å². The second-order valence-electron chi connectivity index (χ2n) is 9.33. The van der Waals surface area contributed by atoms with E-state index in [-0.39, 0.29) is 35.6 Å². The molecule has 3 heterocycles. The Morgan fingerprint density at radius 2 is 1.95 bits per heavy atom. The summed E-state index contributed by atoms with van der Waals surface area (Å²) in [5, 5.41) is 3.04. The molecule has 0 saturated heterocycles. The first-order valence-corrected chi connectivity index (χ1v) is 14.2. The van der Waals surface area contributed by atoms with E-state index >= 15 is 0 Å². The van der Waals surface area contributed by atoms with Crippen molar-refractivity contribution in [1.29, 1.82) is 0 Å². The molecule has 0 unspecified atom stereocenters. The lowest BCUT2D eigenvalue weighted by molar-refractivity contribution is -0.0337. The number of fused-ring (bicyclic) bond motifs is 2. The number of amides is 1. The zero-order chi connectivity index (χ0) is 28.6. The molecule has 2 atom stereocenters. The van der Waals surface area contributed by atoms with Crippen molar-refractivity contribution < 1.29 is 36.3 Å². The number of aromatic nitrogens is 1. The van der Waals surface area contributed by atoms with E-state index < -0.39 is 39.9 Å². The van der Waals surface area contributed by atoms with E-state index in [4.69, 9.17) is 13.9 Å². The van der Waals surface area contributed by atoms with Crippen LogP contribution < -0.4 is 9.62 Å². The Kier molecular flexibility index (Phi) is 7.30. The summed E-state index contributed by atoms with van der Waals surface area (Å²) in [6.07, 6.45) is 2.53. The minimum atomic E-state index is -3.82. The first kappa shape index (κ1) is 27.3. The molecule has 2 aromatic carbocycles. The number of nitrogens with zero attached hydrogens (tertiary/aromatic N) is 2. The minimum absolute atomic E-state index is 0.129. The summed E-state index contributed by atoms with van der Waals surface area (Å²) in [5.74, 6) is -1.27. The van der Waals surface area contributed by atoms with Gasteiger partial charge in [-0.15, -0.1) is 0 Å². The van der Waals surface area contributed by atoms with E-state index in [0.29, 0.717) is 22.2 Å². The van der Waals surface area contributed by atoms with Gasteiger partial charge in [-0.3, -0.25) is 14.1 Å². The summed E-state index contributed by atoms with van der Waals surface area (Å²) in [5.41, 5.74) is 2.02. The smallest absolute Gasteiger partial charge is 0.339 e. The number of esters is 1. The highest BCUT2D eigenvalue weighted by Gasteiger charge is 2.34. The van der Waals surface area contributed by atoms with Crippen molar-refractivity contribution in [3.8, 4) is 11.3 Å². The molecule has 0 spiro atoms. The second-order valence-corrected chi connectivity index (χ2v) is 11.2. The lowest BCUT2D eigenvalue weighted by atomic mass is 10.0. The van der Waals surface area contributed by atoms with Gasteiger partial charge in [0.05, 0.1) is 35.7 Å². The summed E-state index contributed by atoms with van der Waals surface area (Å²) in [6, 6.07) is 11.9. The van der Waals surface area contributed by atoms with Gasteiger partial charge in [-0.2, -0.15) is 0 Å². The number of sulfonamides is 1. The third-order valence-corrected chi connectivity index (χ3v) is 7.71. The molecule has 12 heteroatoms. The van der Waals surface area contributed by atoms with Crippen LogP contribution in [0.1, 0.15) is 39.3 Å². The highest BCUT2D eigenvalue weighted by Crippen LogP contribution is 2.42. The number of nitrogens with one attached hydrogen (secondary N) is 1. The van der Waals surface area contributed by atoms with Crippen molar-refractivity contribution >= 4 is 38.6 Å². The largest absolute Gasteiger partial charge is 0.459 e. The first-order valence-electron chi connectivity index (χ1n) is 12.4. The fourth-order valence-electron chi connectivity index (χ4n) is 4.68. The summed E-state index contributed by atoms with van der Waals surface area (Å²) in [4.78, 5) is 29.3. The molecule has 10 nitrogen and oxygen atoms in total. The molecule has 0 fully saturated rings. The monoisotopic (exact) mass is 567 g/mol. The Labute approximate surface area is 229 Å². The quantitative estimate of drug-likeness (QED) is 0.345. The molecule has 1 N–H and O–H groups in total. The Balaban J connectivity index is 1.56. The molecule has 1 aliphatic heterocycles. The predicted octanol–water partition coefficient (Wildman–Crippen LogP) is 4.08. The first-order chi connectivity index (χ1) is 19.1. The number of furan rings is 1. The molecule has 1 aliphatic rings. The van der Waals surface area contributed by atoms with Gasteiger partial charge in [0.25, 0.3) is 5.91 Å². The predicted molar refractivity (Wildman–Crippen MR) is 145 cm³/mol. The zero-order valence-electron chi connectivity index (χ0n) is 21.9. The van der Waals surface area contributed by atoms with Crippen LogP contribution in [0.5, 0.6) is 0 Å². The molecule has 0 aliphatic carbocycles. The van der Waals surface area contributed by atoms with Crippen LogP contribution in [-0.4, -0.2) is 57.8 Å². The van der Waals surface area contributed by atoms with Crippen LogP contribution in [0.4, 0.5) is 10.1 Å². The zero-order valence-corrected chi connectivity index (χ0v) is 22.7. The molecule has 208 valence electrons. The maximum absolute atomic E-state index is 13.6. The molecule has 4 aromatic rings. The highest BCUT2D eigenvalue weighted by atomic mass is 32.2. The highest BCUT2D eigenvalue weighted by molar-refractivity contribution is 7.92. The summed E-state index contributed by atoms with van der Waals surface area (Å²) >= 11 is 0. The third kappa shape index (κ3) is 5.27. The van der Waals surface area contributed by atoms with Crippen molar-refractivity contribution in [2.45, 2.75) is 19.1 Å². The summed E-state index contributed by atoms with van der Waals surface area (Å²) in [7, 11) is -2.34. The number of ether oxygens (including phenoxy) is 2. The molecule has 1 amide bonds. The lowest BCUT2D eigenvalue weighted by Crippen LogP contribution is -2.39. The number of pyridine rings is 1. The third-order valence-electron chi connectivity index (χ3n) is 6.57. The molecule has 2 aromatic heterocycles. The average molecular weight is 568 g/mol. The van der Waals surface area contributed by atoms with E-state index in [2.05, 4.69) is 10.3 Å². The maximum Gasteiger partial charge on any atom is 0.339 e. The number of carbonyl (C=O) groups excluding carboxylic acids is 2. The number of hydrogen-bond acceptors (Lipinski definition) is 8. The fraction of sp³-hybridized carbons (Fsp3) is 0.250. The molecular weight excluding hydrogens is 541 g/mol. The number of benzene rings is 2. The van der Waals surface area contributed by atoms with Crippen molar-refractivity contribution in [2.24, 2.45) is 0 Å². The molecule has 40 heavy (non-hydrogen) atoms. The Morgan fingerprint density at radius 3 is 2.60 bits per heavy atom. The molecule has 0 saturated carbocycles. The van der Waals surface area contributed by atoms with Crippen molar-refractivity contribution in [3.05, 3.63) is 83.4 Å². The van der Waals surface area contributed by atoms with Crippen LogP contribution in [-0.2, 0) is 19.5 Å². The second kappa shape index (κ2) is 10.7. The topological polar surface area (TPSA) is 128 Å². The Morgan fingerprint density at radius 1 is 1.20 bits per heavy atom. The summed E-state index contributed by atoms with van der Waals surface area (Å²) in [6.45, 7) is 1.41. The SMILES string of the molecule is CNC(=O)c1c(-c2ccc(F)cc2)oc2cc3c(cc12)[C@H](C)O[C@H](COC(=O)c1cccnc1)CN3S(C)(=O)=O. The van der Waals surface area contributed by atoms with Gasteiger partial charge in [-0.1, -0.05) is 0 Å². The van der Waals surface area contributed by atoms with E-state index in [1.165, 1.54) is 48.0 Å². The average Bonchev–Trinajstić information content (AvgIpc) is 3.24. The van der Waals surface area contributed by atoms with Gasteiger partial charge >= 0.3 is 5.97 Å². The lowest BCUT2D eigenvalue weighted by Gasteiger charge is -2.24. The fourth-order valence-corrected chi connectivity index (χ4v) is 5.63. The van der Waals surface area contributed by atoms with E-state index in [9.17, 15) is 22.4 Å². The van der Waals surface area contributed by atoms with Crippen molar-refractivity contribution in [2.75, 3.05) is 30.8 Å². The molecule has 0 radical (unpaired) electrons. The number of anilines is 1. The van der Waals surface area contributed by atoms with Gasteiger partial charge < -0.3 is 19.2 Å². The van der Waals surface area contributed by atoms with Gasteiger partial charge in [0, 0.05) is 42.0 Å². The normalized spacial score (nSPS) is 17.2. The van der Waals surface area contributed by atoms with E-state index in [1.807, 2.05) is 0 Å². The maximum atomic E-state index is 13.6. The Bertz CT molecular complexity index is 1690. The van der Waals surface area contributed by atoms with Crippen LogP contribution in [0.15, 0.2) is 65.3 Å². The van der Waals surface area contributed by atoms with Gasteiger partial charge in [0.1, 0.15) is 29.9 Å². The van der Waals surface area contributed by atoms with Gasteiger partial charge in [-0.25, -0.2) is 17.6 Å². The number of carbonyl (C=O) groups is 2. The van der Waals surface area contributed by atoms with E-state index in [1.54, 1.807) is 31.2 Å². The van der Waals surface area contributed by atoms with Crippen LogP contribution in [0.3, 0.4) is 0 Å². The standard InChI is InChI=1S/C28H26FN3O7S/c1-16-21-11-22-24(39-26(25(22)27(33)30-2)17-6-8-19(29)9-7-17)12-23(21)32(40(3,35)36)14-20(38-16)15-37-28(34)18-5-4-10-31-13-18/h4-13,16,20H,14-15H2,1-3H3,(H,30,33)/t16-,20-/m0/s1. The van der Waals surface area contributed by atoms with Gasteiger partial charge in [-0.05, 0) is 49.4 Å². The Hall–Kier alpha value is -4.29. The van der Waals surface area contributed by atoms with Crippen molar-refractivity contribution in [3.63, 3.8) is 0 Å². The van der Waals surface area contributed by atoms with Crippen LogP contribution in [0.2, 0.25) is 0 Å². The van der Waals surface area contributed by atoms with Crippen LogP contribution in [0, 0.1) is 5.82 Å². The number of hydrogen-bond donors (Lipinski definition) is 1. The van der Waals surface area contributed by atoms with Crippen LogP contribution in [0.25, 0.3) is 22.3 Å². The number of rotatable bonds is 6. The van der Waals surface area contributed by atoms with Gasteiger partial charge in [0.15, 0.2) is 0 Å². The minimum Gasteiger partial charge on any atom is -0.459 e. The number of halogens is 1. The van der Waals surface area contributed by atoms with Gasteiger partial charge in [0.2, 0.25) is 10.0 Å².